The summed E-state index contributed by atoms with van der Waals surface area (Å²) in [5.74, 6) is -0.677. The lowest BCUT2D eigenvalue weighted by Crippen LogP contribution is -2.42. The molecule has 0 aliphatic rings. The lowest BCUT2D eigenvalue weighted by molar-refractivity contribution is -0.159. The Kier molecular flexibility index (Phi) is 9.21. The first-order valence-electron chi connectivity index (χ1n) is 9.18. The third-order valence-electron chi connectivity index (χ3n) is 3.30. The van der Waals surface area contributed by atoms with Crippen LogP contribution in [0.3, 0.4) is 0 Å². The van der Waals surface area contributed by atoms with E-state index in [1.807, 2.05) is 64.6 Å². The van der Waals surface area contributed by atoms with Crippen molar-refractivity contribution < 1.29 is 19.1 Å². The van der Waals surface area contributed by atoms with E-state index in [2.05, 4.69) is 34.7 Å². The van der Waals surface area contributed by atoms with Gasteiger partial charge in [-0.05, 0) is 53.5 Å². The van der Waals surface area contributed by atoms with Gasteiger partial charge >= 0.3 is 11.9 Å². The van der Waals surface area contributed by atoms with Gasteiger partial charge in [0, 0.05) is 10.5 Å². The summed E-state index contributed by atoms with van der Waals surface area (Å²) in [4.78, 5) is 26.3. The molecular weight excluding hydrogens is 457 g/mol. The summed E-state index contributed by atoms with van der Waals surface area (Å²) in [6.07, 6.45) is 0.862. The van der Waals surface area contributed by atoms with Crippen LogP contribution in [0.5, 0.6) is 0 Å². The van der Waals surface area contributed by atoms with Crippen LogP contribution in [0.4, 0.5) is 0 Å². The molecule has 0 N–H and O–H groups in total. The Bertz CT molecular complexity index is 575. The van der Waals surface area contributed by atoms with Gasteiger partial charge in [0.05, 0.1) is 13.1 Å². The van der Waals surface area contributed by atoms with Gasteiger partial charge in [0.25, 0.3) is 0 Å². The van der Waals surface area contributed by atoms with Crippen molar-refractivity contribution >= 4 is 34.5 Å². The number of nitrogens with zero attached hydrogens (tertiary/aromatic N) is 1. The minimum atomic E-state index is -0.553. The summed E-state index contributed by atoms with van der Waals surface area (Å²) in [6.45, 7) is 11.7. The second-order valence-corrected chi connectivity index (χ2v) is 10.4. The van der Waals surface area contributed by atoms with Gasteiger partial charge in [-0.1, -0.05) is 52.9 Å². The van der Waals surface area contributed by atoms with Crippen molar-refractivity contribution in [2.45, 2.75) is 63.1 Å². The fraction of sp³-hybridized carbons (Fsp3) is 0.619. The molecule has 0 unspecified atom stereocenters. The zero-order valence-electron chi connectivity index (χ0n) is 17.3. The molecule has 1 aromatic carbocycles. The SMILES string of the molecule is CC(C)(C)OC(=O)CN(CC(=O)OC(C)(C)C)C[C@@H](I)Cc1ccccc1. The molecule has 1 aromatic rings. The van der Waals surface area contributed by atoms with Crippen LogP contribution < -0.4 is 0 Å². The van der Waals surface area contributed by atoms with E-state index >= 15 is 0 Å². The highest BCUT2D eigenvalue weighted by Gasteiger charge is 2.24. The van der Waals surface area contributed by atoms with Gasteiger partial charge in [0.2, 0.25) is 0 Å². The largest absolute Gasteiger partial charge is 0.459 e. The van der Waals surface area contributed by atoms with Gasteiger partial charge in [-0.15, -0.1) is 0 Å². The van der Waals surface area contributed by atoms with Crippen LogP contribution >= 0.6 is 22.6 Å². The highest BCUT2D eigenvalue weighted by atomic mass is 127. The maximum atomic E-state index is 12.3. The molecule has 0 aromatic heterocycles. The molecular formula is C21H32INO4. The Morgan fingerprint density at radius 1 is 0.926 bits per heavy atom. The van der Waals surface area contributed by atoms with Crippen LogP contribution in [0, 0.1) is 0 Å². The molecule has 5 nitrogen and oxygen atoms in total. The predicted molar refractivity (Wildman–Crippen MR) is 116 cm³/mol. The number of hydrogen-bond donors (Lipinski definition) is 0. The van der Waals surface area contributed by atoms with Crippen LogP contribution in [0.25, 0.3) is 0 Å². The summed E-state index contributed by atoms with van der Waals surface area (Å²) in [5.41, 5.74) is 0.122. The molecule has 1 atom stereocenters. The van der Waals surface area contributed by atoms with E-state index in [0.29, 0.717) is 6.54 Å². The Hall–Kier alpha value is -1.15. The molecule has 0 heterocycles. The lowest BCUT2D eigenvalue weighted by Gasteiger charge is -2.27. The van der Waals surface area contributed by atoms with E-state index in [1.54, 1.807) is 0 Å². The molecule has 0 aliphatic carbocycles. The van der Waals surface area contributed by atoms with Crippen molar-refractivity contribution in [1.29, 1.82) is 0 Å². The first kappa shape index (κ1) is 23.9. The number of halogens is 1. The summed E-state index contributed by atoms with van der Waals surface area (Å²) in [5, 5.41) is 0. The van der Waals surface area contributed by atoms with Crippen LogP contribution in [0.15, 0.2) is 30.3 Å². The van der Waals surface area contributed by atoms with E-state index in [0.717, 1.165) is 6.42 Å². The van der Waals surface area contributed by atoms with Crippen LogP contribution in [-0.4, -0.2) is 51.6 Å². The fourth-order valence-electron chi connectivity index (χ4n) is 2.51. The molecule has 0 aliphatic heterocycles. The molecule has 27 heavy (non-hydrogen) atoms. The average molecular weight is 489 g/mol. The third kappa shape index (κ3) is 12.0. The van der Waals surface area contributed by atoms with E-state index in [1.165, 1.54) is 5.56 Å². The second kappa shape index (κ2) is 10.4. The molecule has 0 fully saturated rings. The number of carbonyl (C=O) groups excluding carboxylic acids is 2. The van der Waals surface area contributed by atoms with Gasteiger partial charge in [-0.3, -0.25) is 14.5 Å². The Balaban J connectivity index is 2.73. The molecule has 152 valence electrons. The number of carbonyl (C=O) groups is 2. The minimum absolute atomic E-state index is 0.0603. The smallest absolute Gasteiger partial charge is 0.320 e. The van der Waals surface area contributed by atoms with Crippen molar-refractivity contribution in [2.75, 3.05) is 19.6 Å². The normalized spacial score (nSPS) is 13.3. The zero-order chi connectivity index (χ0) is 20.7. The van der Waals surface area contributed by atoms with E-state index in [4.69, 9.17) is 9.47 Å². The fourth-order valence-corrected chi connectivity index (χ4v) is 3.58. The number of ether oxygens (including phenoxy) is 2. The molecule has 1 rings (SSSR count). The van der Waals surface area contributed by atoms with Crippen LogP contribution in [0.2, 0.25) is 0 Å². The quantitative estimate of drug-likeness (QED) is 0.314. The summed E-state index contributed by atoms with van der Waals surface area (Å²) >= 11 is 2.36. The van der Waals surface area contributed by atoms with Gasteiger partial charge in [-0.25, -0.2) is 0 Å². The predicted octanol–water partition coefficient (Wildman–Crippen LogP) is 4.02. The number of alkyl halides is 1. The third-order valence-corrected chi connectivity index (χ3v) is 4.14. The van der Waals surface area contributed by atoms with Gasteiger partial charge in [0.1, 0.15) is 11.2 Å². The zero-order valence-corrected chi connectivity index (χ0v) is 19.4. The van der Waals surface area contributed by atoms with Crippen molar-refractivity contribution in [3.63, 3.8) is 0 Å². The Morgan fingerprint density at radius 2 is 1.37 bits per heavy atom. The Labute approximate surface area is 176 Å². The van der Waals surface area contributed by atoms with Crippen LogP contribution in [0.1, 0.15) is 47.1 Å². The standard InChI is InChI=1S/C21H32INO4/c1-20(2,3)26-18(24)14-23(15-19(25)27-21(4,5)6)13-17(22)12-16-10-8-7-9-11-16/h7-11,17H,12-15H2,1-6H3/t17-/m0/s1. The second-order valence-electron chi connectivity index (χ2n) is 8.63. The highest BCUT2D eigenvalue weighted by Crippen LogP contribution is 2.14. The van der Waals surface area contributed by atoms with Crippen molar-refractivity contribution in [3.05, 3.63) is 35.9 Å². The van der Waals surface area contributed by atoms with Crippen molar-refractivity contribution in [3.8, 4) is 0 Å². The molecule has 0 saturated heterocycles. The van der Waals surface area contributed by atoms with Crippen molar-refractivity contribution in [1.82, 2.24) is 4.90 Å². The van der Waals surface area contributed by atoms with Gasteiger partial charge in [0.15, 0.2) is 0 Å². The molecule has 0 saturated carbocycles. The van der Waals surface area contributed by atoms with Gasteiger partial charge < -0.3 is 9.47 Å². The highest BCUT2D eigenvalue weighted by molar-refractivity contribution is 14.1. The lowest BCUT2D eigenvalue weighted by atomic mass is 10.1. The van der Waals surface area contributed by atoms with Crippen molar-refractivity contribution in [2.24, 2.45) is 0 Å². The Morgan fingerprint density at radius 3 is 1.78 bits per heavy atom. The molecule has 0 amide bonds. The average Bonchev–Trinajstić information content (AvgIpc) is 2.43. The minimum Gasteiger partial charge on any atom is -0.459 e. The van der Waals surface area contributed by atoms with Crippen LogP contribution in [-0.2, 0) is 25.5 Å². The monoisotopic (exact) mass is 489 g/mol. The van der Waals surface area contributed by atoms with Gasteiger partial charge in [-0.2, -0.15) is 0 Å². The maximum absolute atomic E-state index is 12.3. The summed E-state index contributed by atoms with van der Waals surface area (Å²) in [7, 11) is 0. The first-order chi connectivity index (χ1) is 12.3. The first-order valence-corrected chi connectivity index (χ1v) is 10.4. The number of rotatable bonds is 8. The molecule has 0 bridgehead atoms. The number of esters is 2. The molecule has 6 heteroatoms. The molecule has 0 spiro atoms. The van der Waals surface area contributed by atoms with E-state index in [9.17, 15) is 9.59 Å². The number of benzene rings is 1. The maximum Gasteiger partial charge on any atom is 0.320 e. The number of hydrogen-bond acceptors (Lipinski definition) is 5. The van der Waals surface area contributed by atoms with E-state index < -0.39 is 11.2 Å². The van der Waals surface area contributed by atoms with E-state index in [-0.39, 0.29) is 29.0 Å². The molecule has 0 radical (unpaired) electrons. The summed E-state index contributed by atoms with van der Waals surface area (Å²) < 4.78 is 11.1. The summed E-state index contributed by atoms with van der Waals surface area (Å²) in [6, 6.07) is 10.2. The topological polar surface area (TPSA) is 55.8 Å².